The van der Waals surface area contributed by atoms with E-state index >= 15 is 0 Å². The summed E-state index contributed by atoms with van der Waals surface area (Å²) in [5.41, 5.74) is 2.09. The van der Waals surface area contributed by atoms with Crippen LogP contribution in [0.2, 0.25) is 0 Å². The number of carbonyl (C=O) groups is 2. The predicted molar refractivity (Wildman–Crippen MR) is 121 cm³/mol. The van der Waals surface area contributed by atoms with Gasteiger partial charge in [-0.3, -0.25) is 14.6 Å². The Morgan fingerprint density at radius 2 is 1.78 bits per heavy atom. The second kappa shape index (κ2) is 9.47. The number of hydrogen-bond donors (Lipinski definition) is 1. The fourth-order valence-corrected chi connectivity index (χ4v) is 3.82. The zero-order valence-electron chi connectivity index (χ0n) is 17.8. The van der Waals surface area contributed by atoms with Crippen molar-refractivity contribution in [1.29, 1.82) is 0 Å². The Kier molecular flexibility index (Phi) is 6.31. The van der Waals surface area contributed by atoms with Crippen molar-refractivity contribution in [2.45, 2.75) is 25.9 Å². The van der Waals surface area contributed by atoms with E-state index in [4.69, 9.17) is 4.74 Å². The van der Waals surface area contributed by atoms with Crippen LogP contribution in [0.3, 0.4) is 0 Å². The number of likely N-dealkylation sites (tertiary alicyclic amines) is 1. The molecule has 1 aliphatic heterocycles. The Hall–Kier alpha value is -3.93. The minimum absolute atomic E-state index is 0.0721. The first-order chi connectivity index (χ1) is 15.6. The first-order valence-electron chi connectivity index (χ1n) is 10.6. The highest BCUT2D eigenvalue weighted by Gasteiger charge is 2.46. The van der Waals surface area contributed by atoms with E-state index in [1.807, 2.05) is 37.3 Å². The van der Waals surface area contributed by atoms with Crippen LogP contribution in [-0.2, 0) is 16.1 Å². The molecule has 6 heteroatoms. The van der Waals surface area contributed by atoms with Gasteiger partial charge >= 0.3 is 0 Å². The average Bonchev–Trinajstić information content (AvgIpc) is 3.08. The van der Waals surface area contributed by atoms with Gasteiger partial charge < -0.3 is 14.7 Å². The number of ketones is 1. The molecule has 32 heavy (non-hydrogen) atoms. The summed E-state index contributed by atoms with van der Waals surface area (Å²) in [5.74, 6) is -0.890. The average molecular weight is 428 g/mol. The topological polar surface area (TPSA) is 79.7 Å². The largest absolute Gasteiger partial charge is 0.507 e. The van der Waals surface area contributed by atoms with Gasteiger partial charge in [0.15, 0.2) is 0 Å². The smallest absolute Gasteiger partial charge is 0.295 e. The third kappa shape index (κ3) is 4.25. The summed E-state index contributed by atoms with van der Waals surface area (Å²) in [6.45, 7) is 2.79. The quantitative estimate of drug-likeness (QED) is 0.341. The number of hydrogen-bond acceptors (Lipinski definition) is 5. The first-order valence-corrected chi connectivity index (χ1v) is 10.6. The summed E-state index contributed by atoms with van der Waals surface area (Å²) in [5, 5.41) is 11.1. The molecule has 0 radical (unpaired) electrons. The lowest BCUT2D eigenvalue weighted by molar-refractivity contribution is -0.140. The molecule has 1 atom stereocenters. The number of aliphatic hydroxyl groups is 1. The molecule has 2 aromatic carbocycles. The van der Waals surface area contributed by atoms with Crippen LogP contribution in [0, 0.1) is 0 Å². The van der Waals surface area contributed by atoms with Crippen molar-refractivity contribution >= 4 is 17.4 Å². The Morgan fingerprint density at radius 1 is 1.03 bits per heavy atom. The highest BCUT2D eigenvalue weighted by Crippen LogP contribution is 2.41. The fraction of sp³-hybridized carbons (Fsp3) is 0.192. The van der Waals surface area contributed by atoms with Gasteiger partial charge in [-0.15, -0.1) is 0 Å². The van der Waals surface area contributed by atoms with E-state index in [2.05, 4.69) is 4.98 Å². The number of pyridine rings is 1. The van der Waals surface area contributed by atoms with Crippen molar-refractivity contribution in [3.63, 3.8) is 0 Å². The van der Waals surface area contributed by atoms with Crippen molar-refractivity contribution < 1.29 is 19.4 Å². The van der Waals surface area contributed by atoms with Crippen LogP contribution < -0.4 is 4.74 Å². The van der Waals surface area contributed by atoms with Gasteiger partial charge in [-0.05, 0) is 41.8 Å². The molecule has 1 aromatic heterocycles. The maximum atomic E-state index is 13.1. The van der Waals surface area contributed by atoms with Crippen LogP contribution in [-0.4, -0.2) is 33.3 Å². The minimum atomic E-state index is -0.742. The number of aromatic nitrogens is 1. The number of nitrogens with zero attached hydrogens (tertiary/aromatic N) is 2. The predicted octanol–water partition coefficient (Wildman–Crippen LogP) is 4.49. The number of benzene rings is 2. The van der Waals surface area contributed by atoms with Gasteiger partial charge in [0.2, 0.25) is 0 Å². The van der Waals surface area contributed by atoms with Crippen molar-refractivity contribution in [3.05, 3.63) is 101 Å². The molecule has 0 bridgehead atoms. The molecule has 162 valence electrons. The van der Waals surface area contributed by atoms with E-state index in [-0.39, 0.29) is 17.9 Å². The molecule has 3 aromatic rings. The molecular formula is C26H24N2O4. The molecule has 4 rings (SSSR count). The number of aliphatic hydroxyl groups excluding tert-OH is 1. The highest BCUT2D eigenvalue weighted by atomic mass is 16.5. The molecular weight excluding hydrogens is 404 g/mol. The van der Waals surface area contributed by atoms with Crippen LogP contribution in [0.5, 0.6) is 5.75 Å². The lowest BCUT2D eigenvalue weighted by Gasteiger charge is -2.25. The van der Waals surface area contributed by atoms with E-state index in [1.54, 1.807) is 48.8 Å². The van der Waals surface area contributed by atoms with E-state index in [9.17, 15) is 14.7 Å². The van der Waals surface area contributed by atoms with Crippen LogP contribution in [0.25, 0.3) is 5.76 Å². The zero-order valence-corrected chi connectivity index (χ0v) is 17.8. The van der Waals surface area contributed by atoms with Gasteiger partial charge in [0.25, 0.3) is 11.7 Å². The van der Waals surface area contributed by atoms with Crippen molar-refractivity contribution in [2.24, 2.45) is 0 Å². The van der Waals surface area contributed by atoms with Crippen molar-refractivity contribution in [1.82, 2.24) is 9.88 Å². The molecule has 1 unspecified atom stereocenters. The Bertz CT molecular complexity index is 1140. The Labute approximate surface area is 186 Å². The number of rotatable bonds is 7. The summed E-state index contributed by atoms with van der Waals surface area (Å²) in [4.78, 5) is 31.7. The fourth-order valence-electron chi connectivity index (χ4n) is 3.82. The summed E-state index contributed by atoms with van der Waals surface area (Å²) < 4.78 is 5.77. The van der Waals surface area contributed by atoms with Gasteiger partial charge in [0, 0.05) is 24.5 Å². The summed E-state index contributed by atoms with van der Waals surface area (Å²) in [6, 6.07) is 19.0. The standard InChI is InChI=1S/C26H24N2O4/c1-2-15-32-21-10-6-9-20(16-21)23-22(24(29)19-7-4-3-5-8-19)25(30)26(31)28(23)17-18-11-13-27-14-12-18/h3-14,16,23,29H,2,15,17H2,1H3/b24-22+. The first kappa shape index (κ1) is 21.3. The third-order valence-corrected chi connectivity index (χ3v) is 5.34. The van der Waals surface area contributed by atoms with Gasteiger partial charge in [0.1, 0.15) is 11.5 Å². The number of amides is 1. The van der Waals surface area contributed by atoms with Crippen LogP contribution in [0.1, 0.15) is 36.1 Å². The van der Waals surface area contributed by atoms with Crippen molar-refractivity contribution in [2.75, 3.05) is 6.61 Å². The van der Waals surface area contributed by atoms with Gasteiger partial charge in [-0.25, -0.2) is 0 Å². The van der Waals surface area contributed by atoms with E-state index in [1.165, 1.54) is 4.90 Å². The molecule has 0 aliphatic carbocycles. The molecule has 6 nitrogen and oxygen atoms in total. The number of Topliss-reactive ketones (excluding diaryl/α,β-unsaturated/α-hetero) is 1. The maximum Gasteiger partial charge on any atom is 0.295 e. The summed E-state index contributed by atoms with van der Waals surface area (Å²) >= 11 is 0. The third-order valence-electron chi connectivity index (χ3n) is 5.34. The highest BCUT2D eigenvalue weighted by molar-refractivity contribution is 6.46. The summed E-state index contributed by atoms with van der Waals surface area (Å²) in [7, 11) is 0. The van der Waals surface area contributed by atoms with Gasteiger partial charge in [0.05, 0.1) is 18.2 Å². The van der Waals surface area contributed by atoms with E-state index < -0.39 is 17.7 Å². The normalized spacial score (nSPS) is 17.5. The second-order valence-electron chi connectivity index (χ2n) is 7.57. The number of ether oxygens (including phenoxy) is 1. The van der Waals surface area contributed by atoms with Crippen LogP contribution in [0.4, 0.5) is 0 Å². The van der Waals surface area contributed by atoms with E-state index in [0.29, 0.717) is 23.5 Å². The lowest BCUT2D eigenvalue weighted by Crippen LogP contribution is -2.29. The van der Waals surface area contributed by atoms with Crippen LogP contribution >= 0.6 is 0 Å². The van der Waals surface area contributed by atoms with Gasteiger partial charge in [-0.1, -0.05) is 49.4 Å². The molecule has 1 aliphatic rings. The van der Waals surface area contributed by atoms with Crippen LogP contribution in [0.15, 0.2) is 84.7 Å². The summed E-state index contributed by atoms with van der Waals surface area (Å²) in [6.07, 6.45) is 4.15. The van der Waals surface area contributed by atoms with Gasteiger partial charge in [-0.2, -0.15) is 0 Å². The molecule has 0 spiro atoms. The van der Waals surface area contributed by atoms with Crippen molar-refractivity contribution in [3.8, 4) is 5.75 Å². The molecule has 1 fully saturated rings. The minimum Gasteiger partial charge on any atom is -0.507 e. The zero-order chi connectivity index (χ0) is 22.5. The second-order valence-corrected chi connectivity index (χ2v) is 7.57. The molecule has 1 amide bonds. The molecule has 1 saturated heterocycles. The molecule has 1 N–H and O–H groups in total. The van der Waals surface area contributed by atoms with E-state index in [0.717, 1.165) is 12.0 Å². The lowest BCUT2D eigenvalue weighted by atomic mass is 9.95. The maximum absolute atomic E-state index is 13.1. The molecule has 2 heterocycles. The number of carbonyl (C=O) groups excluding carboxylic acids is 2. The molecule has 0 saturated carbocycles. The monoisotopic (exact) mass is 428 g/mol. The Morgan fingerprint density at radius 3 is 2.50 bits per heavy atom. The SMILES string of the molecule is CCCOc1cccc(C2/C(=C(\O)c3ccccc3)C(=O)C(=O)N2Cc2ccncc2)c1. The Balaban J connectivity index is 1.83.